The molecule has 1 fully saturated rings. The number of benzene rings is 2. The fourth-order valence-corrected chi connectivity index (χ4v) is 6.70. The Bertz CT molecular complexity index is 1430. The fourth-order valence-electron chi connectivity index (χ4n) is 5.66. The summed E-state index contributed by atoms with van der Waals surface area (Å²) < 4.78 is 14.1. The van der Waals surface area contributed by atoms with Crippen LogP contribution in [-0.2, 0) is 20.4 Å². The molecular weight excluding hydrogens is 492 g/mol. The van der Waals surface area contributed by atoms with Crippen molar-refractivity contribution in [3.8, 4) is 17.4 Å². The number of ether oxygens (including phenoxy) is 1. The first-order valence-corrected chi connectivity index (χ1v) is 15.4. The van der Waals surface area contributed by atoms with Crippen molar-refractivity contribution in [3.63, 3.8) is 0 Å². The summed E-state index contributed by atoms with van der Waals surface area (Å²) in [5.41, 5.74) is -1.12. The highest BCUT2D eigenvalue weighted by atomic mass is 28.4. The summed E-state index contributed by atoms with van der Waals surface area (Å²) >= 11 is 0. The predicted molar refractivity (Wildman–Crippen MR) is 142 cm³/mol. The first kappa shape index (κ1) is 25.7. The molecule has 5 rings (SSSR count). The average Bonchev–Trinajstić information content (AvgIpc) is 3.33. The number of fused-ring (bicyclic) bond motifs is 6. The molecule has 198 valence electrons. The van der Waals surface area contributed by atoms with Crippen LogP contribution in [0.5, 0.6) is 11.8 Å². The maximum Gasteiger partial charge on any atom is 0.277 e. The summed E-state index contributed by atoms with van der Waals surface area (Å²) in [5, 5.41) is 46.6. The van der Waals surface area contributed by atoms with E-state index in [-0.39, 0.29) is 28.9 Å². The van der Waals surface area contributed by atoms with Crippen LogP contribution in [-0.4, -0.2) is 45.8 Å². The van der Waals surface area contributed by atoms with Crippen LogP contribution in [0.3, 0.4) is 0 Å². The highest BCUT2D eigenvalue weighted by Crippen LogP contribution is 2.65. The smallest absolute Gasteiger partial charge is 0.277 e. The fraction of sp³-hybridized carbons (Fsp3) is 0.481. The second kappa shape index (κ2) is 8.04. The lowest BCUT2D eigenvalue weighted by Gasteiger charge is -2.37. The topological polar surface area (TPSA) is 127 Å². The van der Waals surface area contributed by atoms with Crippen LogP contribution in [0.25, 0.3) is 16.5 Å². The molecule has 0 aliphatic carbocycles. The summed E-state index contributed by atoms with van der Waals surface area (Å²) in [6, 6.07) is 9.69. The largest absolute Gasteiger partial charge is 0.494 e. The van der Waals surface area contributed by atoms with Crippen LogP contribution in [0.4, 0.5) is 5.69 Å². The van der Waals surface area contributed by atoms with E-state index in [0.29, 0.717) is 40.6 Å². The highest BCUT2D eigenvalue weighted by Gasteiger charge is 2.66. The van der Waals surface area contributed by atoms with Crippen LogP contribution >= 0.6 is 0 Å². The number of aromatic hydroxyl groups is 2. The monoisotopic (exact) mass is 526 g/mol. The number of nitrogens with zero attached hydrogens (tertiary/aromatic N) is 2. The minimum absolute atomic E-state index is 0.0246. The van der Waals surface area contributed by atoms with E-state index in [1.54, 1.807) is 31.2 Å². The first-order chi connectivity index (χ1) is 17.1. The molecule has 0 spiro atoms. The molecule has 2 aliphatic heterocycles. The Morgan fingerprint density at radius 2 is 1.76 bits per heavy atom. The standard InChI is InChI=1S/C27H34N2O7Si/c1-25(2,3)37(5,6)35-14-13-27-15-20(30)26(4,36-27)21-22(27)24(32)28(23(21)31)18-11-12-19(29(33)34)17-10-8-7-9-16(17)18/h7-12,20,30-32H,13-15H2,1-6H3/t20-,26?,27?/m1/s1. The summed E-state index contributed by atoms with van der Waals surface area (Å²) in [4.78, 5) is 11.2. The summed E-state index contributed by atoms with van der Waals surface area (Å²) in [6.45, 7) is 12.9. The molecule has 1 aromatic heterocycles. The van der Waals surface area contributed by atoms with E-state index in [4.69, 9.17) is 9.16 Å². The van der Waals surface area contributed by atoms with Crippen LogP contribution < -0.4 is 0 Å². The maximum absolute atomic E-state index is 11.6. The predicted octanol–water partition coefficient (Wildman–Crippen LogP) is 5.57. The van der Waals surface area contributed by atoms with Gasteiger partial charge in [0.05, 0.1) is 33.2 Å². The molecule has 3 N–H and O–H groups in total. The van der Waals surface area contributed by atoms with Gasteiger partial charge in [0.25, 0.3) is 5.69 Å². The molecule has 3 heterocycles. The molecule has 9 nitrogen and oxygen atoms in total. The van der Waals surface area contributed by atoms with Gasteiger partial charge in [-0.25, -0.2) is 0 Å². The second-order valence-corrected chi connectivity index (χ2v) is 16.7. The summed E-state index contributed by atoms with van der Waals surface area (Å²) in [5.74, 6) is -0.450. The molecule has 2 aromatic carbocycles. The van der Waals surface area contributed by atoms with Crippen LogP contribution in [0, 0.1) is 10.1 Å². The number of rotatable bonds is 6. The van der Waals surface area contributed by atoms with Gasteiger partial charge in [-0.15, -0.1) is 0 Å². The maximum atomic E-state index is 11.6. The highest BCUT2D eigenvalue weighted by molar-refractivity contribution is 6.74. The Kier molecular flexibility index (Phi) is 5.59. The minimum atomic E-state index is -2.04. The van der Waals surface area contributed by atoms with Crippen molar-refractivity contribution < 1.29 is 29.4 Å². The van der Waals surface area contributed by atoms with Gasteiger partial charge in [0.1, 0.15) is 11.2 Å². The van der Waals surface area contributed by atoms with E-state index < -0.39 is 30.5 Å². The molecule has 3 atom stereocenters. The quantitative estimate of drug-likeness (QED) is 0.218. The van der Waals surface area contributed by atoms with Gasteiger partial charge in [-0.2, -0.15) is 0 Å². The van der Waals surface area contributed by atoms with E-state index in [1.807, 2.05) is 0 Å². The molecule has 2 aliphatic rings. The van der Waals surface area contributed by atoms with Crippen molar-refractivity contribution >= 4 is 24.8 Å². The normalized spacial score (nSPS) is 25.1. The Morgan fingerprint density at radius 1 is 1.14 bits per heavy atom. The van der Waals surface area contributed by atoms with Crippen molar-refractivity contribution in [2.24, 2.45) is 0 Å². The van der Waals surface area contributed by atoms with E-state index in [9.17, 15) is 25.4 Å². The SMILES string of the molecule is CC12OC(CCO[Si](C)(C)C(C)(C)C)(C[C@H]1O)c1c2c(O)n(-c2ccc([N+](=O)[O-])c3ccccc23)c1O. The Balaban J connectivity index is 1.63. The van der Waals surface area contributed by atoms with Gasteiger partial charge < -0.3 is 24.5 Å². The number of aromatic nitrogens is 1. The average molecular weight is 527 g/mol. The zero-order chi connectivity index (χ0) is 27.1. The van der Waals surface area contributed by atoms with Gasteiger partial charge in [0, 0.05) is 30.9 Å². The third kappa shape index (κ3) is 3.53. The van der Waals surface area contributed by atoms with Crippen molar-refractivity contribution in [2.75, 3.05) is 6.61 Å². The van der Waals surface area contributed by atoms with Gasteiger partial charge in [-0.1, -0.05) is 39.0 Å². The summed E-state index contributed by atoms with van der Waals surface area (Å²) in [7, 11) is -2.04. The molecular formula is C27H34N2O7Si. The van der Waals surface area contributed by atoms with E-state index >= 15 is 0 Å². The molecule has 2 unspecified atom stereocenters. The van der Waals surface area contributed by atoms with Crippen LogP contribution in [0.15, 0.2) is 36.4 Å². The second-order valence-electron chi connectivity index (χ2n) is 11.9. The molecule has 37 heavy (non-hydrogen) atoms. The van der Waals surface area contributed by atoms with Gasteiger partial charge >= 0.3 is 0 Å². The van der Waals surface area contributed by atoms with Crippen LogP contribution in [0.1, 0.15) is 51.7 Å². The number of hydrogen-bond donors (Lipinski definition) is 3. The Morgan fingerprint density at radius 3 is 2.38 bits per heavy atom. The zero-order valence-corrected chi connectivity index (χ0v) is 23.0. The molecule has 3 aromatic rings. The molecule has 10 heteroatoms. The number of nitro groups is 1. The van der Waals surface area contributed by atoms with Gasteiger partial charge in [0.2, 0.25) is 11.8 Å². The van der Waals surface area contributed by atoms with Crippen molar-refractivity contribution in [1.82, 2.24) is 4.57 Å². The molecule has 1 saturated heterocycles. The Labute approximate surface area is 216 Å². The van der Waals surface area contributed by atoms with Crippen molar-refractivity contribution in [1.29, 1.82) is 0 Å². The Hall–Kier alpha value is -2.92. The summed E-state index contributed by atoms with van der Waals surface area (Å²) in [6.07, 6.45) is -0.227. The van der Waals surface area contributed by atoms with Crippen molar-refractivity contribution in [3.05, 3.63) is 57.6 Å². The number of hydrogen-bond acceptors (Lipinski definition) is 7. The minimum Gasteiger partial charge on any atom is -0.494 e. The van der Waals surface area contributed by atoms with Crippen molar-refractivity contribution in [2.45, 2.75) is 76.0 Å². The molecule has 0 radical (unpaired) electrons. The first-order valence-electron chi connectivity index (χ1n) is 12.5. The third-order valence-corrected chi connectivity index (χ3v) is 13.3. The molecule has 0 amide bonds. The molecule has 2 bridgehead atoms. The lowest BCUT2D eigenvalue weighted by Crippen LogP contribution is -2.42. The lowest BCUT2D eigenvalue weighted by atomic mass is 9.76. The van der Waals surface area contributed by atoms with E-state index in [2.05, 4.69) is 33.9 Å². The van der Waals surface area contributed by atoms with Gasteiger partial charge in [0.15, 0.2) is 8.32 Å². The van der Waals surface area contributed by atoms with Gasteiger partial charge in [-0.05, 0) is 37.2 Å². The molecule has 0 saturated carbocycles. The number of aliphatic hydroxyl groups is 1. The number of nitro benzene ring substituents is 1. The van der Waals surface area contributed by atoms with Crippen LogP contribution in [0.2, 0.25) is 18.1 Å². The number of aliphatic hydroxyl groups excluding tert-OH is 1. The van der Waals surface area contributed by atoms with E-state index in [0.717, 1.165) is 0 Å². The third-order valence-electron chi connectivity index (χ3n) is 8.73. The zero-order valence-electron chi connectivity index (χ0n) is 22.0. The number of non-ortho nitro benzene ring substituents is 1. The van der Waals surface area contributed by atoms with E-state index in [1.165, 1.54) is 16.7 Å². The lowest BCUT2D eigenvalue weighted by molar-refractivity contribution is -0.383. The van der Waals surface area contributed by atoms with Gasteiger partial charge in [-0.3, -0.25) is 14.7 Å².